The van der Waals surface area contributed by atoms with Gasteiger partial charge in [-0.05, 0) is 31.4 Å². The lowest BCUT2D eigenvalue weighted by molar-refractivity contribution is -0.121. The Labute approximate surface area is 127 Å². The predicted octanol–water partition coefficient (Wildman–Crippen LogP) is 2.67. The predicted molar refractivity (Wildman–Crippen MR) is 82.2 cm³/mol. The van der Waals surface area contributed by atoms with Crippen molar-refractivity contribution in [2.45, 2.75) is 32.7 Å². The van der Waals surface area contributed by atoms with Crippen molar-refractivity contribution in [2.75, 3.05) is 0 Å². The van der Waals surface area contributed by atoms with Gasteiger partial charge in [0.05, 0.1) is 6.04 Å². The largest absolute Gasteiger partial charge is 0.361 e. The van der Waals surface area contributed by atoms with Gasteiger partial charge >= 0.3 is 0 Å². The number of amides is 1. The van der Waals surface area contributed by atoms with Crippen LogP contribution in [0.5, 0.6) is 0 Å². The number of nitrogens with one attached hydrogen (secondary N) is 2. The summed E-state index contributed by atoms with van der Waals surface area (Å²) < 4.78 is 4.68. The molecule has 0 aliphatic heterocycles. The van der Waals surface area contributed by atoms with Crippen LogP contribution in [0.1, 0.15) is 36.3 Å². The van der Waals surface area contributed by atoms with E-state index < -0.39 is 0 Å². The molecule has 3 aromatic rings. The summed E-state index contributed by atoms with van der Waals surface area (Å²) in [5.41, 5.74) is 3.50. The third-order valence-electron chi connectivity index (χ3n) is 3.77. The van der Waals surface area contributed by atoms with E-state index in [1.807, 2.05) is 19.2 Å². The normalized spacial score (nSPS) is 12.5. The Kier molecular flexibility index (Phi) is 3.91. The number of nitrogens with zero attached hydrogens (tertiary/aromatic N) is 2. The monoisotopic (exact) mass is 298 g/mol. The molecule has 1 atom stereocenters. The molecule has 0 radical (unpaired) electrons. The second-order valence-corrected chi connectivity index (χ2v) is 5.39. The summed E-state index contributed by atoms with van der Waals surface area (Å²) in [5.74, 6) is 0.454. The minimum absolute atomic E-state index is 0.0284. The number of hydrogen-bond donors (Lipinski definition) is 2. The van der Waals surface area contributed by atoms with E-state index in [4.69, 9.17) is 0 Å². The molecule has 3 rings (SSSR count). The highest BCUT2D eigenvalue weighted by Crippen LogP contribution is 2.22. The Morgan fingerprint density at radius 3 is 3.09 bits per heavy atom. The van der Waals surface area contributed by atoms with Crippen molar-refractivity contribution < 1.29 is 9.32 Å². The number of carbonyl (C=O) groups excluding carboxylic acids is 1. The van der Waals surface area contributed by atoms with Gasteiger partial charge in [-0.25, -0.2) is 0 Å². The zero-order chi connectivity index (χ0) is 15.5. The van der Waals surface area contributed by atoms with Gasteiger partial charge in [-0.15, -0.1) is 0 Å². The number of benzene rings is 1. The first kappa shape index (κ1) is 14.3. The summed E-state index contributed by atoms with van der Waals surface area (Å²) in [7, 11) is 0. The molecule has 1 aromatic carbocycles. The van der Waals surface area contributed by atoms with Crippen molar-refractivity contribution >= 4 is 16.8 Å². The molecule has 6 heteroatoms. The van der Waals surface area contributed by atoms with Crippen LogP contribution < -0.4 is 5.32 Å². The first-order valence-electron chi connectivity index (χ1n) is 7.26. The molecule has 2 heterocycles. The molecule has 22 heavy (non-hydrogen) atoms. The smallest absolute Gasteiger partial charge is 0.220 e. The maximum atomic E-state index is 12.0. The molecule has 0 spiro atoms. The fraction of sp³-hybridized carbons (Fsp3) is 0.312. The first-order chi connectivity index (χ1) is 10.6. The van der Waals surface area contributed by atoms with Gasteiger partial charge in [-0.3, -0.25) is 4.79 Å². The molecule has 0 fully saturated rings. The molecule has 1 amide bonds. The van der Waals surface area contributed by atoms with Crippen molar-refractivity contribution in [3.63, 3.8) is 0 Å². The maximum absolute atomic E-state index is 12.0. The number of para-hydroxylation sites is 1. The van der Waals surface area contributed by atoms with Crippen molar-refractivity contribution in [3.8, 4) is 0 Å². The topological polar surface area (TPSA) is 83.8 Å². The Morgan fingerprint density at radius 1 is 1.45 bits per heavy atom. The number of aromatic amines is 1. The van der Waals surface area contributed by atoms with E-state index in [0.717, 1.165) is 11.1 Å². The van der Waals surface area contributed by atoms with Crippen LogP contribution in [0.4, 0.5) is 0 Å². The summed E-state index contributed by atoms with van der Waals surface area (Å²) in [6, 6.07) is 5.93. The molecule has 0 aliphatic rings. The highest BCUT2D eigenvalue weighted by molar-refractivity contribution is 5.86. The van der Waals surface area contributed by atoms with Gasteiger partial charge in [-0.1, -0.05) is 23.4 Å². The van der Waals surface area contributed by atoms with Crippen LogP contribution in [0.25, 0.3) is 10.9 Å². The third kappa shape index (κ3) is 2.86. The standard InChI is InChI=1S/C16H18N4O2/c1-10-4-3-5-13-12(8-17-15(10)13)6-7-14(21)19-11(2)16-18-9-22-20-16/h3-5,8-9,11,17H,6-7H2,1-2H3,(H,19,21)/t11-/m1/s1. The van der Waals surface area contributed by atoms with Gasteiger partial charge in [0.2, 0.25) is 12.3 Å². The molecular formula is C16H18N4O2. The Morgan fingerprint density at radius 2 is 2.32 bits per heavy atom. The number of H-pyrrole nitrogens is 1. The van der Waals surface area contributed by atoms with Crippen molar-refractivity contribution in [1.82, 2.24) is 20.4 Å². The maximum Gasteiger partial charge on any atom is 0.220 e. The van der Waals surface area contributed by atoms with E-state index in [2.05, 4.69) is 44.0 Å². The molecule has 0 aliphatic carbocycles. The summed E-state index contributed by atoms with van der Waals surface area (Å²) >= 11 is 0. The van der Waals surface area contributed by atoms with Crippen LogP contribution in [-0.4, -0.2) is 21.0 Å². The zero-order valence-corrected chi connectivity index (χ0v) is 12.6. The fourth-order valence-electron chi connectivity index (χ4n) is 2.57. The van der Waals surface area contributed by atoms with E-state index in [1.54, 1.807) is 0 Å². The first-order valence-corrected chi connectivity index (χ1v) is 7.26. The Balaban J connectivity index is 1.62. The van der Waals surface area contributed by atoms with Crippen LogP contribution in [-0.2, 0) is 11.2 Å². The summed E-state index contributed by atoms with van der Waals surface area (Å²) in [6.45, 7) is 3.90. The molecule has 2 N–H and O–H groups in total. The summed E-state index contributed by atoms with van der Waals surface area (Å²) in [4.78, 5) is 19.3. The molecule has 0 unspecified atom stereocenters. The fourth-order valence-corrected chi connectivity index (χ4v) is 2.57. The lowest BCUT2D eigenvalue weighted by Gasteiger charge is -2.09. The van der Waals surface area contributed by atoms with Crippen molar-refractivity contribution in [3.05, 3.63) is 47.7 Å². The van der Waals surface area contributed by atoms with E-state index >= 15 is 0 Å². The average molecular weight is 298 g/mol. The SMILES string of the molecule is Cc1cccc2c(CCC(=O)N[C@H](C)c3ncon3)c[nH]c12. The molecule has 0 bridgehead atoms. The molecule has 2 aromatic heterocycles. The minimum atomic E-state index is -0.253. The van der Waals surface area contributed by atoms with Gasteiger partial charge in [0, 0.05) is 23.5 Å². The minimum Gasteiger partial charge on any atom is -0.361 e. The Bertz CT molecular complexity index is 777. The Hall–Kier alpha value is -2.63. The second kappa shape index (κ2) is 6.01. The van der Waals surface area contributed by atoms with E-state index in [-0.39, 0.29) is 11.9 Å². The second-order valence-electron chi connectivity index (χ2n) is 5.39. The van der Waals surface area contributed by atoms with Gasteiger partial charge < -0.3 is 14.8 Å². The van der Waals surface area contributed by atoms with Crippen molar-refractivity contribution in [2.24, 2.45) is 0 Å². The highest BCUT2D eigenvalue weighted by atomic mass is 16.5. The average Bonchev–Trinajstić information content (AvgIpc) is 3.15. The van der Waals surface area contributed by atoms with Gasteiger partial charge in [0.15, 0.2) is 5.82 Å². The number of aryl methyl sites for hydroxylation is 2. The quantitative estimate of drug-likeness (QED) is 0.758. The van der Waals surface area contributed by atoms with Crippen LogP contribution in [0.3, 0.4) is 0 Å². The lowest BCUT2D eigenvalue weighted by Crippen LogP contribution is -2.27. The summed E-state index contributed by atoms with van der Waals surface area (Å²) in [6.07, 6.45) is 4.34. The van der Waals surface area contributed by atoms with Gasteiger partial charge in [0.25, 0.3) is 0 Å². The molecule has 6 nitrogen and oxygen atoms in total. The van der Waals surface area contributed by atoms with E-state index in [9.17, 15) is 4.79 Å². The number of fused-ring (bicyclic) bond motifs is 1. The number of hydrogen-bond acceptors (Lipinski definition) is 4. The summed E-state index contributed by atoms with van der Waals surface area (Å²) in [5, 5.41) is 7.77. The van der Waals surface area contributed by atoms with E-state index in [0.29, 0.717) is 18.7 Å². The number of aromatic nitrogens is 3. The number of rotatable bonds is 5. The molecule has 0 saturated heterocycles. The third-order valence-corrected chi connectivity index (χ3v) is 3.77. The molecular weight excluding hydrogens is 280 g/mol. The molecule has 114 valence electrons. The lowest BCUT2D eigenvalue weighted by atomic mass is 10.1. The zero-order valence-electron chi connectivity index (χ0n) is 12.6. The highest BCUT2D eigenvalue weighted by Gasteiger charge is 2.14. The number of carbonyl (C=O) groups is 1. The van der Waals surface area contributed by atoms with Crippen molar-refractivity contribution in [1.29, 1.82) is 0 Å². The van der Waals surface area contributed by atoms with Gasteiger partial charge in [-0.2, -0.15) is 4.98 Å². The van der Waals surface area contributed by atoms with E-state index in [1.165, 1.54) is 17.3 Å². The van der Waals surface area contributed by atoms with Crippen LogP contribution in [0.15, 0.2) is 35.3 Å². The van der Waals surface area contributed by atoms with Gasteiger partial charge in [0.1, 0.15) is 0 Å². The van der Waals surface area contributed by atoms with Crippen LogP contribution >= 0.6 is 0 Å². The van der Waals surface area contributed by atoms with Crippen LogP contribution in [0.2, 0.25) is 0 Å². The molecule has 0 saturated carbocycles. The van der Waals surface area contributed by atoms with Crippen LogP contribution in [0, 0.1) is 6.92 Å².